The van der Waals surface area contributed by atoms with Crippen LogP contribution in [0.1, 0.15) is 59.3 Å². The molecule has 0 heterocycles. The van der Waals surface area contributed by atoms with Gasteiger partial charge in [0.25, 0.3) is 0 Å². The molecule has 22 heavy (non-hydrogen) atoms. The van der Waals surface area contributed by atoms with Crippen LogP contribution in [0.3, 0.4) is 0 Å². The normalized spacial score (nSPS) is 18.7. The molecule has 0 aromatic carbocycles. The third-order valence-corrected chi connectivity index (χ3v) is 5.54. The summed E-state index contributed by atoms with van der Waals surface area (Å²) in [5.41, 5.74) is -0.228. The molecule has 2 N–H and O–H groups in total. The fourth-order valence-corrected chi connectivity index (χ4v) is 3.80. The van der Waals surface area contributed by atoms with E-state index in [1.807, 2.05) is 13.8 Å². The van der Waals surface area contributed by atoms with E-state index in [9.17, 15) is 13.2 Å². The van der Waals surface area contributed by atoms with Gasteiger partial charge in [0.05, 0.1) is 5.75 Å². The Morgan fingerprint density at radius 3 is 2.36 bits per heavy atom. The van der Waals surface area contributed by atoms with Crippen LogP contribution in [-0.4, -0.2) is 39.0 Å². The predicted octanol–water partition coefficient (Wildman–Crippen LogP) is 2.72. The van der Waals surface area contributed by atoms with Crippen LogP contribution in [0.4, 0.5) is 4.79 Å². The Bertz CT molecular complexity index is 454. The van der Waals surface area contributed by atoms with E-state index >= 15 is 0 Å². The van der Waals surface area contributed by atoms with Crippen molar-refractivity contribution in [2.45, 2.75) is 65.3 Å². The second-order valence-corrected chi connectivity index (χ2v) is 9.82. The molecule has 2 amide bonds. The summed E-state index contributed by atoms with van der Waals surface area (Å²) >= 11 is 0. The Kier molecular flexibility index (Phi) is 7.16. The maximum Gasteiger partial charge on any atom is 0.315 e. The quantitative estimate of drug-likeness (QED) is 0.752. The molecule has 0 spiro atoms. The third-order valence-electron chi connectivity index (χ3n) is 4.59. The summed E-state index contributed by atoms with van der Waals surface area (Å²) in [7, 11) is -2.96. The molecule has 1 aliphatic carbocycles. The molecule has 0 aromatic heterocycles. The Labute approximate surface area is 135 Å². The minimum absolute atomic E-state index is 0.148. The SMILES string of the molecule is C[C@H](NC(=O)NCC(C)(C)CCS(C)(=O)=O)C1CCCCC1. The van der Waals surface area contributed by atoms with Crippen molar-refractivity contribution in [3.05, 3.63) is 0 Å². The largest absolute Gasteiger partial charge is 0.338 e. The minimum atomic E-state index is -2.96. The monoisotopic (exact) mass is 332 g/mol. The Balaban J connectivity index is 2.31. The highest BCUT2D eigenvalue weighted by atomic mass is 32.2. The van der Waals surface area contributed by atoms with E-state index in [0.717, 1.165) is 0 Å². The number of sulfone groups is 1. The van der Waals surface area contributed by atoms with E-state index in [0.29, 0.717) is 18.9 Å². The van der Waals surface area contributed by atoms with Gasteiger partial charge in [-0.1, -0.05) is 33.1 Å². The molecule has 130 valence electrons. The van der Waals surface area contributed by atoms with Crippen LogP contribution < -0.4 is 10.6 Å². The Morgan fingerprint density at radius 2 is 1.82 bits per heavy atom. The molecule has 0 saturated heterocycles. The molecule has 6 heteroatoms. The average molecular weight is 333 g/mol. The highest BCUT2D eigenvalue weighted by molar-refractivity contribution is 7.90. The smallest absolute Gasteiger partial charge is 0.315 e. The van der Waals surface area contributed by atoms with E-state index in [-0.39, 0.29) is 23.2 Å². The van der Waals surface area contributed by atoms with Crippen molar-refractivity contribution in [2.75, 3.05) is 18.6 Å². The molecule has 1 aliphatic rings. The van der Waals surface area contributed by atoms with Gasteiger partial charge in [0.2, 0.25) is 0 Å². The highest BCUT2D eigenvalue weighted by Crippen LogP contribution is 2.26. The van der Waals surface area contributed by atoms with Gasteiger partial charge in [0.15, 0.2) is 0 Å². The summed E-state index contributed by atoms with van der Waals surface area (Å²) in [4.78, 5) is 12.0. The van der Waals surface area contributed by atoms with Gasteiger partial charge in [-0.15, -0.1) is 0 Å². The van der Waals surface area contributed by atoms with Gasteiger partial charge < -0.3 is 10.6 Å². The maximum absolute atomic E-state index is 12.0. The lowest BCUT2D eigenvalue weighted by atomic mass is 9.84. The second-order valence-electron chi connectivity index (χ2n) is 7.56. The maximum atomic E-state index is 12.0. The van der Waals surface area contributed by atoms with E-state index in [1.54, 1.807) is 0 Å². The zero-order chi connectivity index (χ0) is 16.8. The summed E-state index contributed by atoms with van der Waals surface area (Å²) in [5.74, 6) is 0.736. The lowest BCUT2D eigenvalue weighted by Crippen LogP contribution is -2.47. The standard InChI is InChI=1S/C16H32N2O3S/c1-13(14-8-6-5-7-9-14)18-15(19)17-12-16(2,3)10-11-22(4,20)21/h13-14H,5-12H2,1-4H3,(H2,17,18,19)/t13-/m0/s1. The number of carbonyl (C=O) groups is 1. The van der Waals surface area contributed by atoms with Crippen LogP contribution in [0.15, 0.2) is 0 Å². The van der Waals surface area contributed by atoms with Gasteiger partial charge >= 0.3 is 6.03 Å². The van der Waals surface area contributed by atoms with Crippen LogP contribution >= 0.6 is 0 Å². The number of rotatable bonds is 7. The Morgan fingerprint density at radius 1 is 1.23 bits per heavy atom. The lowest BCUT2D eigenvalue weighted by Gasteiger charge is -2.29. The number of urea groups is 1. The molecule has 0 radical (unpaired) electrons. The number of hydrogen-bond acceptors (Lipinski definition) is 3. The minimum Gasteiger partial charge on any atom is -0.338 e. The number of carbonyl (C=O) groups excluding carboxylic acids is 1. The molecule has 0 aliphatic heterocycles. The fraction of sp³-hybridized carbons (Fsp3) is 0.938. The molecule has 0 unspecified atom stereocenters. The zero-order valence-electron chi connectivity index (χ0n) is 14.4. The number of amides is 2. The summed E-state index contributed by atoms with van der Waals surface area (Å²) in [6.07, 6.45) is 8.01. The third kappa shape index (κ3) is 8.01. The summed E-state index contributed by atoms with van der Waals surface area (Å²) < 4.78 is 22.5. The summed E-state index contributed by atoms with van der Waals surface area (Å²) in [6.45, 7) is 6.50. The first-order valence-corrected chi connectivity index (χ1v) is 10.4. The van der Waals surface area contributed by atoms with Crippen molar-refractivity contribution in [3.63, 3.8) is 0 Å². The topological polar surface area (TPSA) is 75.3 Å². The molecule has 1 fully saturated rings. The van der Waals surface area contributed by atoms with Crippen LogP contribution in [0.25, 0.3) is 0 Å². The molecule has 0 bridgehead atoms. The first-order chi connectivity index (χ1) is 10.1. The highest BCUT2D eigenvalue weighted by Gasteiger charge is 2.23. The molecule has 0 aromatic rings. The Hall–Kier alpha value is -0.780. The van der Waals surface area contributed by atoms with Crippen LogP contribution in [0, 0.1) is 11.3 Å². The molecular formula is C16H32N2O3S. The van der Waals surface area contributed by atoms with Crippen LogP contribution in [0.5, 0.6) is 0 Å². The van der Waals surface area contributed by atoms with Crippen molar-refractivity contribution in [2.24, 2.45) is 11.3 Å². The molecular weight excluding hydrogens is 300 g/mol. The number of nitrogens with one attached hydrogen (secondary N) is 2. The fourth-order valence-electron chi connectivity index (χ4n) is 2.88. The van der Waals surface area contributed by atoms with Gasteiger partial charge in [0.1, 0.15) is 9.84 Å². The van der Waals surface area contributed by atoms with E-state index in [2.05, 4.69) is 17.6 Å². The first-order valence-electron chi connectivity index (χ1n) is 8.31. The molecule has 1 atom stereocenters. The van der Waals surface area contributed by atoms with Gasteiger partial charge in [0, 0.05) is 18.8 Å². The molecule has 5 nitrogen and oxygen atoms in total. The van der Waals surface area contributed by atoms with Crippen molar-refractivity contribution in [3.8, 4) is 0 Å². The predicted molar refractivity (Wildman–Crippen MR) is 90.7 cm³/mol. The van der Waals surface area contributed by atoms with Crippen molar-refractivity contribution in [1.29, 1.82) is 0 Å². The zero-order valence-corrected chi connectivity index (χ0v) is 15.3. The molecule has 1 saturated carbocycles. The van der Waals surface area contributed by atoms with Crippen molar-refractivity contribution >= 4 is 15.9 Å². The summed E-state index contributed by atoms with van der Waals surface area (Å²) in [5, 5.41) is 5.91. The van der Waals surface area contributed by atoms with Crippen molar-refractivity contribution in [1.82, 2.24) is 10.6 Å². The summed E-state index contributed by atoms with van der Waals surface area (Å²) in [6, 6.07) is 0.0462. The van der Waals surface area contributed by atoms with Gasteiger partial charge in [-0.05, 0) is 37.5 Å². The van der Waals surface area contributed by atoms with Gasteiger partial charge in [-0.3, -0.25) is 0 Å². The van der Waals surface area contributed by atoms with Crippen molar-refractivity contribution < 1.29 is 13.2 Å². The van der Waals surface area contributed by atoms with Gasteiger partial charge in [-0.2, -0.15) is 0 Å². The molecule has 1 rings (SSSR count). The van der Waals surface area contributed by atoms with E-state index < -0.39 is 9.84 Å². The average Bonchev–Trinajstić information content (AvgIpc) is 2.44. The number of hydrogen-bond donors (Lipinski definition) is 2. The van der Waals surface area contributed by atoms with Crippen LogP contribution in [-0.2, 0) is 9.84 Å². The van der Waals surface area contributed by atoms with E-state index in [1.165, 1.54) is 38.4 Å². The first kappa shape index (κ1) is 19.3. The van der Waals surface area contributed by atoms with Crippen LogP contribution in [0.2, 0.25) is 0 Å². The van der Waals surface area contributed by atoms with Gasteiger partial charge in [-0.25, -0.2) is 13.2 Å². The second kappa shape index (κ2) is 8.18. The van der Waals surface area contributed by atoms with E-state index in [4.69, 9.17) is 0 Å². The lowest BCUT2D eigenvalue weighted by molar-refractivity contribution is 0.218.